The van der Waals surface area contributed by atoms with Crippen molar-refractivity contribution in [2.24, 2.45) is 0 Å². The molecule has 0 spiro atoms. The van der Waals surface area contributed by atoms with E-state index in [2.05, 4.69) is 15.3 Å². The Morgan fingerprint density at radius 3 is 2.82 bits per heavy atom. The fourth-order valence-corrected chi connectivity index (χ4v) is 3.11. The van der Waals surface area contributed by atoms with Gasteiger partial charge in [0, 0.05) is 0 Å². The van der Waals surface area contributed by atoms with Gasteiger partial charge in [0.2, 0.25) is 0 Å². The van der Waals surface area contributed by atoms with Gasteiger partial charge in [0.1, 0.15) is 12.4 Å². The normalized spacial score (nSPS) is 14.7. The van der Waals surface area contributed by atoms with Crippen molar-refractivity contribution in [2.75, 3.05) is 0 Å². The summed E-state index contributed by atoms with van der Waals surface area (Å²) in [6.45, 7) is -2.40. The molecule has 1 aliphatic carbocycles. The number of rotatable bonds is 3. The smallest absolute Gasteiger partial charge is 0.269 e. The van der Waals surface area contributed by atoms with E-state index in [1.807, 2.05) is 0 Å². The van der Waals surface area contributed by atoms with Crippen LogP contribution in [0.5, 0.6) is 0 Å². The number of aryl methyl sites for hydroxylation is 1. The lowest BCUT2D eigenvalue weighted by Crippen LogP contribution is -2.14. The first-order valence-corrected chi connectivity index (χ1v) is 7.39. The van der Waals surface area contributed by atoms with Gasteiger partial charge in [-0.2, -0.15) is 8.78 Å². The van der Waals surface area contributed by atoms with Crippen molar-refractivity contribution >= 4 is 11.0 Å². The lowest BCUT2D eigenvalue weighted by Gasteiger charge is -2.12. The van der Waals surface area contributed by atoms with E-state index in [-0.39, 0.29) is 6.54 Å². The van der Waals surface area contributed by atoms with Gasteiger partial charge in [-0.25, -0.2) is 9.67 Å². The number of aromatic nitrogens is 5. The molecule has 5 nitrogen and oxygen atoms in total. The summed E-state index contributed by atoms with van der Waals surface area (Å²) in [5, 5.41) is 8.30. The zero-order valence-electron chi connectivity index (χ0n) is 11.9. The maximum Gasteiger partial charge on any atom is 0.320 e. The van der Waals surface area contributed by atoms with E-state index in [1.54, 1.807) is 28.9 Å². The van der Waals surface area contributed by atoms with E-state index in [0.717, 1.165) is 41.6 Å². The summed E-state index contributed by atoms with van der Waals surface area (Å²) in [6.07, 6.45) is 4.02. The standard InChI is InChI=1S/C15H15F2N5/c16-15(17)22-13-8-4-1-5-10(13)18-14(22)9-21-12-7-3-2-6-11(12)19-20-21/h1,4-5,8,15H,2-3,6-7,9H2. The Labute approximate surface area is 125 Å². The molecule has 0 unspecified atom stereocenters. The molecule has 1 aliphatic rings. The molecule has 0 atom stereocenters. The van der Waals surface area contributed by atoms with Crippen LogP contribution in [0.2, 0.25) is 0 Å². The zero-order chi connectivity index (χ0) is 15.1. The summed E-state index contributed by atoms with van der Waals surface area (Å²) in [4.78, 5) is 4.35. The van der Waals surface area contributed by atoms with Crippen LogP contribution in [-0.2, 0) is 19.4 Å². The van der Waals surface area contributed by atoms with E-state index in [1.165, 1.54) is 0 Å². The molecule has 0 amide bonds. The first kappa shape index (κ1) is 13.4. The molecular weight excluding hydrogens is 288 g/mol. The molecule has 0 saturated heterocycles. The predicted octanol–water partition coefficient (Wildman–Crippen LogP) is 2.95. The molecule has 22 heavy (non-hydrogen) atoms. The first-order chi connectivity index (χ1) is 10.7. The second kappa shape index (κ2) is 5.15. The van der Waals surface area contributed by atoms with Crippen molar-refractivity contribution in [1.82, 2.24) is 24.5 Å². The fraction of sp³-hybridized carbons (Fsp3) is 0.400. The van der Waals surface area contributed by atoms with Crippen LogP contribution in [0.3, 0.4) is 0 Å². The minimum absolute atomic E-state index is 0.224. The number of hydrogen-bond donors (Lipinski definition) is 0. The number of halogens is 2. The second-order valence-electron chi connectivity index (χ2n) is 5.51. The van der Waals surface area contributed by atoms with E-state index in [4.69, 9.17) is 0 Å². The van der Waals surface area contributed by atoms with Gasteiger partial charge in [-0.1, -0.05) is 17.3 Å². The Hall–Kier alpha value is -2.31. The highest BCUT2D eigenvalue weighted by Crippen LogP contribution is 2.25. The topological polar surface area (TPSA) is 48.5 Å². The van der Waals surface area contributed by atoms with Gasteiger partial charge in [-0.05, 0) is 37.8 Å². The second-order valence-corrected chi connectivity index (χ2v) is 5.51. The van der Waals surface area contributed by atoms with Crippen LogP contribution in [0.25, 0.3) is 11.0 Å². The van der Waals surface area contributed by atoms with Crippen molar-refractivity contribution < 1.29 is 8.78 Å². The molecular formula is C15H15F2N5. The molecule has 2 aromatic heterocycles. The quantitative estimate of drug-likeness (QED) is 0.747. The molecule has 0 radical (unpaired) electrons. The molecule has 4 rings (SSSR count). The number of para-hydroxylation sites is 2. The van der Waals surface area contributed by atoms with Crippen LogP contribution < -0.4 is 0 Å². The maximum atomic E-state index is 13.4. The minimum Gasteiger partial charge on any atom is -0.269 e. The molecule has 0 bridgehead atoms. The Morgan fingerprint density at radius 1 is 1.14 bits per heavy atom. The summed E-state index contributed by atoms with van der Waals surface area (Å²) in [5.74, 6) is 0.314. The Morgan fingerprint density at radius 2 is 1.95 bits per heavy atom. The zero-order valence-corrected chi connectivity index (χ0v) is 11.9. The number of nitrogens with zero attached hydrogens (tertiary/aromatic N) is 5. The van der Waals surface area contributed by atoms with Crippen LogP contribution in [0.4, 0.5) is 8.78 Å². The van der Waals surface area contributed by atoms with Crippen molar-refractivity contribution in [2.45, 2.75) is 38.8 Å². The lowest BCUT2D eigenvalue weighted by molar-refractivity contribution is 0.0710. The highest BCUT2D eigenvalue weighted by molar-refractivity contribution is 5.75. The molecule has 0 N–H and O–H groups in total. The van der Waals surface area contributed by atoms with Gasteiger partial charge in [-0.3, -0.25) is 4.57 Å². The van der Waals surface area contributed by atoms with Gasteiger partial charge in [0.15, 0.2) is 0 Å². The number of fused-ring (bicyclic) bond motifs is 2. The molecule has 0 saturated carbocycles. The summed E-state index contributed by atoms with van der Waals surface area (Å²) in [7, 11) is 0. The third-order valence-corrected chi connectivity index (χ3v) is 4.15. The van der Waals surface area contributed by atoms with Gasteiger partial charge in [-0.15, -0.1) is 5.10 Å². The monoisotopic (exact) mass is 303 g/mol. The first-order valence-electron chi connectivity index (χ1n) is 7.39. The number of imidazole rings is 1. The van der Waals surface area contributed by atoms with Crippen LogP contribution in [-0.4, -0.2) is 24.5 Å². The number of benzene rings is 1. The van der Waals surface area contributed by atoms with E-state index >= 15 is 0 Å². The molecule has 2 heterocycles. The van der Waals surface area contributed by atoms with Crippen molar-refractivity contribution in [1.29, 1.82) is 0 Å². The van der Waals surface area contributed by atoms with Gasteiger partial charge < -0.3 is 0 Å². The Kier molecular flexibility index (Phi) is 3.13. The van der Waals surface area contributed by atoms with Crippen molar-refractivity contribution in [3.63, 3.8) is 0 Å². The highest BCUT2D eigenvalue weighted by atomic mass is 19.3. The molecule has 0 fully saturated rings. The van der Waals surface area contributed by atoms with Crippen LogP contribution in [0, 0.1) is 0 Å². The lowest BCUT2D eigenvalue weighted by atomic mass is 10.0. The Balaban J connectivity index is 1.78. The molecule has 1 aromatic carbocycles. The van der Waals surface area contributed by atoms with Gasteiger partial charge >= 0.3 is 6.55 Å². The largest absolute Gasteiger partial charge is 0.320 e. The summed E-state index contributed by atoms with van der Waals surface area (Å²) in [5.41, 5.74) is 3.07. The maximum absolute atomic E-state index is 13.4. The van der Waals surface area contributed by atoms with E-state index in [0.29, 0.717) is 16.9 Å². The van der Waals surface area contributed by atoms with Gasteiger partial charge in [0.05, 0.1) is 22.4 Å². The Bertz CT molecular complexity index is 821. The minimum atomic E-state index is -2.62. The molecule has 0 aliphatic heterocycles. The SMILES string of the molecule is FC(F)n1c(Cn2nnc3c2CCCC3)nc2ccccc21. The number of alkyl halides is 2. The third kappa shape index (κ3) is 2.08. The van der Waals surface area contributed by atoms with Crippen molar-refractivity contribution in [3.05, 3.63) is 41.5 Å². The van der Waals surface area contributed by atoms with Gasteiger partial charge in [0.25, 0.3) is 0 Å². The fourth-order valence-electron chi connectivity index (χ4n) is 3.11. The van der Waals surface area contributed by atoms with E-state index in [9.17, 15) is 8.78 Å². The predicted molar refractivity (Wildman–Crippen MR) is 76.8 cm³/mol. The van der Waals surface area contributed by atoms with Crippen LogP contribution >= 0.6 is 0 Å². The highest BCUT2D eigenvalue weighted by Gasteiger charge is 2.21. The average Bonchev–Trinajstić information content (AvgIpc) is 3.09. The summed E-state index contributed by atoms with van der Waals surface area (Å²) in [6, 6.07) is 6.94. The third-order valence-electron chi connectivity index (χ3n) is 4.15. The number of hydrogen-bond acceptors (Lipinski definition) is 3. The van der Waals surface area contributed by atoms with Crippen molar-refractivity contribution in [3.8, 4) is 0 Å². The van der Waals surface area contributed by atoms with E-state index < -0.39 is 6.55 Å². The van der Waals surface area contributed by atoms with Crippen LogP contribution in [0.15, 0.2) is 24.3 Å². The molecule has 3 aromatic rings. The average molecular weight is 303 g/mol. The van der Waals surface area contributed by atoms with Crippen LogP contribution in [0.1, 0.15) is 36.6 Å². The summed E-state index contributed by atoms with van der Waals surface area (Å²) >= 11 is 0. The molecule has 114 valence electrons. The molecule has 7 heteroatoms. The summed E-state index contributed by atoms with van der Waals surface area (Å²) < 4.78 is 29.6.